The van der Waals surface area contributed by atoms with Crippen molar-refractivity contribution in [3.05, 3.63) is 30.3 Å². The van der Waals surface area contributed by atoms with Crippen molar-refractivity contribution in [1.82, 2.24) is 5.43 Å². The number of rotatable bonds is 4. The summed E-state index contributed by atoms with van der Waals surface area (Å²) in [6.45, 7) is 0.0174. The summed E-state index contributed by atoms with van der Waals surface area (Å²) in [5.41, 5.74) is -1.18. The van der Waals surface area contributed by atoms with Crippen LogP contribution in [0, 0.1) is 0 Å². The summed E-state index contributed by atoms with van der Waals surface area (Å²) in [5.74, 6) is 5.29. The van der Waals surface area contributed by atoms with Crippen molar-refractivity contribution in [2.24, 2.45) is 10.8 Å². The monoisotopic (exact) mass is 278 g/mol. The fraction of sp³-hybridized carbons (Fsp3) is 0.300. The number of benzene rings is 1. The van der Waals surface area contributed by atoms with Gasteiger partial charge in [-0.15, -0.1) is 0 Å². The van der Waals surface area contributed by atoms with Crippen LogP contribution in [-0.2, 0) is 0 Å². The molecule has 0 fully saturated rings. The first kappa shape index (κ1) is 14.7. The van der Waals surface area contributed by atoms with Crippen LogP contribution in [0.4, 0.5) is 18.9 Å². The van der Waals surface area contributed by atoms with Gasteiger partial charge in [-0.2, -0.15) is 13.2 Å². The van der Waals surface area contributed by atoms with E-state index in [9.17, 15) is 13.2 Å². The predicted octanol–water partition coefficient (Wildman–Crippen LogP) is 2.17. The second kappa shape index (κ2) is 7.12. The highest BCUT2D eigenvalue weighted by Gasteiger charge is 2.27. The molecule has 1 aromatic rings. The normalized spacial score (nSPS) is 12.3. The third-order valence-corrected chi connectivity index (χ3v) is 2.51. The minimum atomic E-state index is -4.22. The Morgan fingerprint density at radius 1 is 1.28 bits per heavy atom. The minimum Gasteiger partial charge on any atom is -0.325 e. The Morgan fingerprint density at radius 3 is 2.50 bits per heavy atom. The van der Waals surface area contributed by atoms with Gasteiger partial charge in [0.25, 0.3) is 0 Å². The van der Waals surface area contributed by atoms with Gasteiger partial charge < -0.3 is 5.32 Å². The van der Waals surface area contributed by atoms with E-state index in [1.54, 1.807) is 12.1 Å². The van der Waals surface area contributed by atoms with E-state index in [4.69, 9.17) is 5.84 Å². The summed E-state index contributed by atoms with van der Waals surface area (Å²) in [4.78, 5) is 3.89. The Morgan fingerprint density at radius 2 is 1.94 bits per heavy atom. The zero-order valence-electron chi connectivity index (χ0n) is 9.37. The summed E-state index contributed by atoms with van der Waals surface area (Å²) in [6.07, 6.45) is 0. The maximum absolute atomic E-state index is 11.9. The fourth-order valence-corrected chi connectivity index (χ4v) is 1.51. The van der Waals surface area contributed by atoms with E-state index in [0.717, 1.165) is 5.69 Å². The molecular weight excluding hydrogens is 265 g/mol. The van der Waals surface area contributed by atoms with Crippen LogP contribution in [0.2, 0.25) is 0 Å². The van der Waals surface area contributed by atoms with Crippen molar-refractivity contribution in [3.8, 4) is 0 Å². The van der Waals surface area contributed by atoms with Crippen LogP contribution in [0.15, 0.2) is 35.3 Å². The Balaban J connectivity index is 2.41. The van der Waals surface area contributed by atoms with E-state index < -0.39 is 5.51 Å². The molecule has 0 atom stereocenters. The first-order chi connectivity index (χ1) is 8.51. The second-order valence-electron chi connectivity index (χ2n) is 3.16. The predicted molar refractivity (Wildman–Crippen MR) is 68.2 cm³/mol. The van der Waals surface area contributed by atoms with Crippen molar-refractivity contribution in [2.45, 2.75) is 5.51 Å². The van der Waals surface area contributed by atoms with Crippen LogP contribution in [0.3, 0.4) is 0 Å². The van der Waals surface area contributed by atoms with E-state index in [-0.39, 0.29) is 30.0 Å². The van der Waals surface area contributed by atoms with Gasteiger partial charge in [-0.1, -0.05) is 18.2 Å². The summed E-state index contributed by atoms with van der Waals surface area (Å²) in [5, 5.41) is 2.85. The molecule has 18 heavy (non-hydrogen) atoms. The molecule has 4 nitrogen and oxygen atoms in total. The molecule has 0 bridgehead atoms. The number of anilines is 1. The quantitative estimate of drug-likeness (QED) is 0.260. The van der Waals surface area contributed by atoms with Gasteiger partial charge in [-0.3, -0.25) is 10.4 Å². The lowest BCUT2D eigenvalue weighted by Gasteiger charge is -2.09. The molecule has 4 N–H and O–H groups in total. The molecule has 0 aromatic heterocycles. The van der Waals surface area contributed by atoms with Gasteiger partial charge >= 0.3 is 5.51 Å². The Labute approximate surface area is 107 Å². The number of nitrogens with zero attached hydrogens (tertiary/aromatic N) is 1. The van der Waals surface area contributed by atoms with Crippen LogP contribution in [0.25, 0.3) is 0 Å². The van der Waals surface area contributed by atoms with Gasteiger partial charge in [0, 0.05) is 11.4 Å². The van der Waals surface area contributed by atoms with Crippen LogP contribution >= 0.6 is 11.8 Å². The van der Waals surface area contributed by atoms with Gasteiger partial charge in [0.05, 0.1) is 6.54 Å². The maximum atomic E-state index is 11.9. The van der Waals surface area contributed by atoms with E-state index >= 15 is 0 Å². The number of halogens is 3. The summed E-state index contributed by atoms with van der Waals surface area (Å²) in [7, 11) is 0. The molecule has 0 unspecified atom stereocenters. The smallest absolute Gasteiger partial charge is 0.325 e. The Bertz CT molecular complexity index is 380. The van der Waals surface area contributed by atoms with Crippen molar-refractivity contribution in [3.63, 3.8) is 0 Å². The first-order valence-corrected chi connectivity index (χ1v) is 6.03. The molecule has 0 aliphatic rings. The molecule has 0 radical (unpaired) electrons. The molecule has 1 rings (SSSR count). The lowest BCUT2D eigenvalue weighted by Crippen LogP contribution is -2.36. The molecule has 0 heterocycles. The lowest BCUT2D eigenvalue weighted by atomic mass is 10.3. The molecule has 1 aromatic carbocycles. The highest BCUT2D eigenvalue weighted by atomic mass is 32.2. The number of thioether (sulfide) groups is 1. The summed E-state index contributed by atoms with van der Waals surface area (Å²) in [6, 6.07) is 9.05. The topological polar surface area (TPSA) is 62.4 Å². The summed E-state index contributed by atoms with van der Waals surface area (Å²) >= 11 is -0.111. The Hall–Kier alpha value is -1.41. The highest BCUT2D eigenvalue weighted by Crippen LogP contribution is 2.29. The van der Waals surface area contributed by atoms with Crippen LogP contribution in [0.5, 0.6) is 0 Å². The molecule has 0 saturated heterocycles. The standard InChI is InChI=1S/C10H13F3N4S/c11-10(12,13)18-7-6-15-9(17-14)16-8-4-2-1-3-5-8/h1-5H,6-7,14H2,(H2,15,16,17). The third-order valence-electron chi connectivity index (χ3n) is 1.80. The van der Waals surface area contributed by atoms with Gasteiger partial charge in [0.1, 0.15) is 0 Å². The molecule has 0 saturated carbocycles. The second-order valence-corrected chi connectivity index (χ2v) is 4.32. The molecule has 0 amide bonds. The van der Waals surface area contributed by atoms with Gasteiger partial charge in [0.15, 0.2) is 0 Å². The van der Waals surface area contributed by atoms with Gasteiger partial charge in [0.2, 0.25) is 5.96 Å². The average molecular weight is 278 g/mol. The van der Waals surface area contributed by atoms with Crippen molar-refractivity contribution < 1.29 is 13.2 Å². The number of para-hydroxylation sites is 1. The maximum Gasteiger partial charge on any atom is 0.441 e. The SMILES string of the molecule is NNC(=NCCSC(F)(F)F)Nc1ccccc1. The molecule has 0 aliphatic carbocycles. The number of alkyl halides is 3. The van der Waals surface area contributed by atoms with Crippen molar-refractivity contribution in [2.75, 3.05) is 17.6 Å². The zero-order valence-corrected chi connectivity index (χ0v) is 10.2. The number of hydrogen-bond acceptors (Lipinski definition) is 3. The van der Waals surface area contributed by atoms with E-state index in [1.165, 1.54) is 0 Å². The molecular formula is C10H13F3N4S. The number of hydrogen-bond donors (Lipinski definition) is 3. The first-order valence-electron chi connectivity index (χ1n) is 5.05. The largest absolute Gasteiger partial charge is 0.441 e. The van der Waals surface area contributed by atoms with Crippen LogP contribution in [0.1, 0.15) is 0 Å². The Kier molecular flexibility index (Phi) is 5.79. The minimum absolute atomic E-state index is 0.0174. The van der Waals surface area contributed by atoms with Crippen LogP contribution in [-0.4, -0.2) is 23.8 Å². The summed E-state index contributed by atoms with van der Waals surface area (Å²) < 4.78 is 35.6. The average Bonchev–Trinajstić information content (AvgIpc) is 2.33. The van der Waals surface area contributed by atoms with E-state index in [2.05, 4.69) is 15.7 Å². The van der Waals surface area contributed by atoms with Gasteiger partial charge in [-0.25, -0.2) is 5.84 Å². The van der Waals surface area contributed by atoms with Crippen LogP contribution < -0.4 is 16.6 Å². The lowest BCUT2D eigenvalue weighted by molar-refractivity contribution is -0.0327. The van der Waals surface area contributed by atoms with E-state index in [1.807, 2.05) is 18.2 Å². The number of guanidine groups is 1. The fourth-order valence-electron chi connectivity index (χ4n) is 1.10. The number of hydrazine groups is 1. The number of nitrogens with one attached hydrogen (secondary N) is 2. The van der Waals surface area contributed by atoms with Crippen molar-refractivity contribution >= 4 is 23.4 Å². The van der Waals surface area contributed by atoms with E-state index in [0.29, 0.717) is 0 Å². The molecule has 8 heteroatoms. The number of aliphatic imine (C=N–C) groups is 1. The van der Waals surface area contributed by atoms with Crippen molar-refractivity contribution in [1.29, 1.82) is 0 Å². The molecule has 100 valence electrons. The molecule has 0 spiro atoms. The van der Waals surface area contributed by atoms with Gasteiger partial charge in [-0.05, 0) is 23.9 Å². The zero-order chi connectivity index (χ0) is 13.4. The third kappa shape index (κ3) is 6.36. The number of nitrogens with two attached hydrogens (primary N) is 1. The molecule has 0 aliphatic heterocycles. The highest BCUT2D eigenvalue weighted by molar-refractivity contribution is 8.00.